The Labute approximate surface area is 131 Å². The van der Waals surface area contributed by atoms with Gasteiger partial charge in [0.25, 0.3) is 5.92 Å². The number of rotatable bonds is 1. The maximum absolute atomic E-state index is 14.2. The van der Waals surface area contributed by atoms with Crippen LogP contribution >= 0.6 is 11.8 Å². The first-order chi connectivity index (χ1) is 10.1. The van der Waals surface area contributed by atoms with Crippen LogP contribution in [0.4, 0.5) is 13.6 Å². The quantitative estimate of drug-likeness (QED) is 0.859. The summed E-state index contributed by atoms with van der Waals surface area (Å²) >= 11 is 1.48. The summed E-state index contributed by atoms with van der Waals surface area (Å²) in [6.45, 7) is 4.56. The van der Waals surface area contributed by atoms with Crippen molar-refractivity contribution in [2.45, 2.75) is 49.5 Å². The Morgan fingerprint density at radius 1 is 1.55 bits per heavy atom. The van der Waals surface area contributed by atoms with E-state index < -0.39 is 29.6 Å². The van der Waals surface area contributed by atoms with E-state index in [0.717, 1.165) is 4.90 Å². The second-order valence-corrected chi connectivity index (χ2v) is 7.97. The van der Waals surface area contributed by atoms with Crippen molar-refractivity contribution < 1.29 is 18.3 Å². The fraction of sp³-hybridized carbons (Fsp3) is 0.714. The summed E-state index contributed by atoms with van der Waals surface area (Å²) in [7, 11) is 0. The SMILES string of the molecule is CC(C)(C)OC(=O)N1CC(F)(F)C[C@]2(c3ncc[nH]3)CSC12. The van der Waals surface area contributed by atoms with E-state index in [2.05, 4.69) is 9.97 Å². The molecule has 2 aliphatic heterocycles. The minimum atomic E-state index is -2.96. The summed E-state index contributed by atoms with van der Waals surface area (Å²) in [5.41, 5.74) is -1.54. The molecular weight excluding hydrogens is 312 g/mol. The third kappa shape index (κ3) is 2.57. The molecular formula is C14H19F2N3O2S. The number of hydrogen-bond donors (Lipinski definition) is 1. The van der Waals surface area contributed by atoms with E-state index in [9.17, 15) is 13.6 Å². The molecule has 22 heavy (non-hydrogen) atoms. The van der Waals surface area contributed by atoms with Gasteiger partial charge in [-0.1, -0.05) is 0 Å². The molecule has 2 atom stereocenters. The first kappa shape index (κ1) is 15.6. The van der Waals surface area contributed by atoms with Crippen LogP contribution in [-0.4, -0.2) is 50.2 Å². The number of aromatic nitrogens is 2. The number of thioether (sulfide) groups is 1. The zero-order chi connectivity index (χ0) is 16.2. The summed E-state index contributed by atoms with van der Waals surface area (Å²) in [6.07, 6.45) is 2.17. The van der Waals surface area contributed by atoms with E-state index in [1.165, 1.54) is 11.8 Å². The minimum absolute atomic E-state index is 0.301. The van der Waals surface area contributed by atoms with Crippen molar-refractivity contribution in [3.63, 3.8) is 0 Å². The van der Waals surface area contributed by atoms with Crippen molar-refractivity contribution >= 4 is 17.9 Å². The van der Waals surface area contributed by atoms with Crippen LogP contribution in [0.25, 0.3) is 0 Å². The van der Waals surface area contributed by atoms with Crippen molar-refractivity contribution in [3.8, 4) is 0 Å². The smallest absolute Gasteiger partial charge is 0.411 e. The number of likely N-dealkylation sites (tertiary alicyclic amines) is 1. The van der Waals surface area contributed by atoms with Crippen LogP contribution in [0.1, 0.15) is 33.0 Å². The molecule has 0 bridgehead atoms. The summed E-state index contributed by atoms with van der Waals surface area (Å²) in [4.78, 5) is 20.6. The first-order valence-electron chi connectivity index (χ1n) is 7.12. The highest BCUT2D eigenvalue weighted by Gasteiger charge is 2.64. The third-order valence-electron chi connectivity index (χ3n) is 3.83. The average Bonchev–Trinajstić information content (AvgIpc) is 2.84. The maximum atomic E-state index is 14.2. The van der Waals surface area contributed by atoms with E-state index in [0.29, 0.717) is 11.6 Å². The highest BCUT2D eigenvalue weighted by molar-refractivity contribution is 8.01. The lowest BCUT2D eigenvalue weighted by Crippen LogP contribution is -2.68. The fourth-order valence-electron chi connectivity index (χ4n) is 3.02. The predicted octanol–water partition coefficient (Wildman–Crippen LogP) is 3.00. The number of imidazole rings is 1. The van der Waals surface area contributed by atoms with Crippen molar-refractivity contribution in [1.82, 2.24) is 14.9 Å². The van der Waals surface area contributed by atoms with Gasteiger partial charge < -0.3 is 9.72 Å². The lowest BCUT2D eigenvalue weighted by Gasteiger charge is -2.56. The number of hydrogen-bond acceptors (Lipinski definition) is 4. The molecule has 0 aromatic carbocycles. The third-order valence-corrected chi connectivity index (χ3v) is 5.53. The van der Waals surface area contributed by atoms with Gasteiger partial charge in [0, 0.05) is 24.6 Å². The molecule has 2 aliphatic rings. The molecule has 1 aromatic heterocycles. The number of alkyl halides is 2. The van der Waals surface area contributed by atoms with Crippen LogP contribution in [0, 0.1) is 0 Å². The molecule has 0 saturated carbocycles. The molecule has 2 fully saturated rings. The Balaban J connectivity index is 1.91. The van der Waals surface area contributed by atoms with E-state index in [1.807, 2.05) is 0 Å². The lowest BCUT2D eigenvalue weighted by molar-refractivity contribution is -0.104. The number of halogens is 2. The first-order valence-corrected chi connectivity index (χ1v) is 8.17. The van der Waals surface area contributed by atoms with Crippen LogP contribution < -0.4 is 0 Å². The van der Waals surface area contributed by atoms with Gasteiger partial charge in [-0.3, -0.25) is 4.90 Å². The van der Waals surface area contributed by atoms with Crippen molar-refractivity contribution in [1.29, 1.82) is 0 Å². The highest BCUT2D eigenvalue weighted by atomic mass is 32.2. The topological polar surface area (TPSA) is 58.2 Å². The molecule has 122 valence electrons. The number of nitrogens with one attached hydrogen (secondary N) is 1. The van der Waals surface area contributed by atoms with Crippen LogP contribution in [-0.2, 0) is 10.2 Å². The molecule has 5 nitrogen and oxygen atoms in total. The molecule has 3 heterocycles. The van der Waals surface area contributed by atoms with Gasteiger partial charge in [0.05, 0.1) is 17.3 Å². The van der Waals surface area contributed by atoms with E-state index in [4.69, 9.17) is 4.74 Å². The molecule has 1 amide bonds. The van der Waals surface area contributed by atoms with Crippen molar-refractivity contribution in [3.05, 3.63) is 18.2 Å². The van der Waals surface area contributed by atoms with Gasteiger partial charge in [-0.2, -0.15) is 0 Å². The Bertz CT molecular complexity index is 573. The molecule has 1 N–H and O–H groups in total. The molecule has 1 unspecified atom stereocenters. The number of carbonyl (C=O) groups is 1. The summed E-state index contributed by atoms with van der Waals surface area (Å²) < 4.78 is 33.8. The zero-order valence-corrected chi connectivity index (χ0v) is 13.5. The number of carbonyl (C=O) groups excluding carboxylic acids is 1. The largest absolute Gasteiger partial charge is 0.444 e. The minimum Gasteiger partial charge on any atom is -0.444 e. The fourth-order valence-corrected chi connectivity index (χ4v) is 4.52. The zero-order valence-electron chi connectivity index (χ0n) is 12.7. The number of nitrogens with zero attached hydrogens (tertiary/aromatic N) is 2. The Kier molecular flexibility index (Phi) is 3.43. The van der Waals surface area contributed by atoms with Gasteiger partial charge >= 0.3 is 6.09 Å². The molecule has 8 heteroatoms. The normalized spacial score (nSPS) is 30.4. The Hall–Kier alpha value is -1.31. The second-order valence-electron chi connectivity index (χ2n) is 6.90. The maximum Gasteiger partial charge on any atom is 0.411 e. The molecule has 1 aromatic rings. The van der Waals surface area contributed by atoms with E-state index in [1.54, 1.807) is 33.2 Å². The van der Waals surface area contributed by atoms with Crippen LogP contribution in [0.15, 0.2) is 12.4 Å². The molecule has 0 aliphatic carbocycles. The molecule has 0 spiro atoms. The summed E-state index contributed by atoms with van der Waals surface area (Å²) in [5, 5.41) is -0.367. The van der Waals surface area contributed by atoms with Gasteiger partial charge in [0.2, 0.25) is 0 Å². The average molecular weight is 331 g/mol. The number of amides is 1. The van der Waals surface area contributed by atoms with Gasteiger partial charge in [0.15, 0.2) is 0 Å². The van der Waals surface area contributed by atoms with Crippen LogP contribution in [0.3, 0.4) is 0 Å². The number of fused-ring (bicyclic) bond motifs is 1. The number of ether oxygens (including phenoxy) is 1. The molecule has 3 rings (SSSR count). The van der Waals surface area contributed by atoms with Crippen molar-refractivity contribution in [2.75, 3.05) is 12.3 Å². The standard InChI is InChI=1S/C14H19F2N3O2S/c1-12(2,3)21-11(20)19-7-14(15,16)6-13(8-22-10(13)19)9-17-4-5-18-9/h4-5,10H,6-8H2,1-3H3,(H,17,18)/t10?,13-/m1/s1. The van der Waals surface area contributed by atoms with Gasteiger partial charge in [-0.05, 0) is 20.8 Å². The molecule has 2 saturated heterocycles. The summed E-state index contributed by atoms with van der Waals surface area (Å²) in [5.74, 6) is -1.93. The second kappa shape index (κ2) is 4.84. The molecule has 0 radical (unpaired) electrons. The van der Waals surface area contributed by atoms with Gasteiger partial charge in [-0.15, -0.1) is 11.8 Å². The van der Waals surface area contributed by atoms with Gasteiger partial charge in [0.1, 0.15) is 11.4 Å². The van der Waals surface area contributed by atoms with E-state index in [-0.39, 0.29) is 11.8 Å². The Morgan fingerprint density at radius 3 is 2.77 bits per heavy atom. The van der Waals surface area contributed by atoms with Crippen LogP contribution in [0.5, 0.6) is 0 Å². The predicted molar refractivity (Wildman–Crippen MR) is 79.0 cm³/mol. The van der Waals surface area contributed by atoms with Gasteiger partial charge in [-0.25, -0.2) is 18.6 Å². The lowest BCUT2D eigenvalue weighted by atomic mass is 9.78. The van der Waals surface area contributed by atoms with E-state index >= 15 is 0 Å². The number of piperidine rings is 1. The summed E-state index contributed by atoms with van der Waals surface area (Å²) in [6, 6.07) is 0. The highest BCUT2D eigenvalue weighted by Crippen LogP contribution is 2.56. The van der Waals surface area contributed by atoms with Crippen LogP contribution in [0.2, 0.25) is 0 Å². The Morgan fingerprint density at radius 2 is 2.27 bits per heavy atom. The number of H-pyrrole nitrogens is 1. The van der Waals surface area contributed by atoms with Crippen molar-refractivity contribution in [2.24, 2.45) is 0 Å². The number of aromatic amines is 1. The monoisotopic (exact) mass is 331 g/mol.